The van der Waals surface area contributed by atoms with Crippen molar-refractivity contribution < 1.29 is 33.3 Å². The Balaban J connectivity index is 1.40. The van der Waals surface area contributed by atoms with Gasteiger partial charge in [0, 0.05) is 0 Å². The van der Waals surface area contributed by atoms with Gasteiger partial charge in [-0.05, 0) is 35.4 Å². The summed E-state index contributed by atoms with van der Waals surface area (Å²) in [5.74, 6) is -1.39. The van der Waals surface area contributed by atoms with Gasteiger partial charge in [0.2, 0.25) is 0 Å². The fourth-order valence-electron chi connectivity index (χ4n) is 3.25. The number of benzene rings is 4. The third kappa shape index (κ3) is 6.57. The molecule has 36 heavy (non-hydrogen) atoms. The van der Waals surface area contributed by atoms with Gasteiger partial charge < -0.3 is 18.9 Å². The van der Waals surface area contributed by atoms with Crippen LogP contribution >= 0.6 is 0 Å². The Kier molecular flexibility index (Phi) is 8.07. The summed E-state index contributed by atoms with van der Waals surface area (Å²) in [7, 11) is 0. The maximum Gasteiger partial charge on any atom is 0.519 e. The van der Waals surface area contributed by atoms with Crippen LogP contribution in [0, 0.1) is 0 Å². The number of esters is 2. The molecule has 0 heterocycles. The van der Waals surface area contributed by atoms with E-state index >= 15 is 0 Å². The number of hydrogen-bond acceptors (Lipinski definition) is 7. The summed E-state index contributed by atoms with van der Waals surface area (Å²) in [4.78, 5) is 37.7. The van der Waals surface area contributed by atoms with Crippen molar-refractivity contribution >= 4 is 18.1 Å². The van der Waals surface area contributed by atoms with Gasteiger partial charge in [0.15, 0.2) is 0 Å². The third-order valence-electron chi connectivity index (χ3n) is 5.03. The van der Waals surface area contributed by atoms with Gasteiger partial charge in [-0.1, -0.05) is 84.9 Å². The highest BCUT2D eigenvalue weighted by Crippen LogP contribution is 2.23. The number of carbonyl (C=O) groups is 3. The lowest BCUT2D eigenvalue weighted by Crippen LogP contribution is -2.18. The van der Waals surface area contributed by atoms with Crippen molar-refractivity contribution in [2.75, 3.05) is 0 Å². The molecule has 0 unspecified atom stereocenters. The van der Waals surface area contributed by atoms with Crippen LogP contribution in [0.3, 0.4) is 0 Å². The first-order chi connectivity index (χ1) is 17.6. The largest absolute Gasteiger partial charge is 0.519 e. The summed E-state index contributed by atoms with van der Waals surface area (Å²) in [5, 5.41) is 0. The van der Waals surface area contributed by atoms with Crippen LogP contribution in [-0.2, 0) is 22.7 Å². The quantitative estimate of drug-likeness (QED) is 0.226. The molecule has 180 valence electrons. The Hall–Kier alpha value is -4.91. The molecule has 0 spiro atoms. The molecule has 4 aromatic carbocycles. The van der Waals surface area contributed by atoms with Crippen molar-refractivity contribution in [3.05, 3.63) is 131 Å². The summed E-state index contributed by atoms with van der Waals surface area (Å²) in [5.41, 5.74) is 1.75. The maximum atomic E-state index is 12.6. The summed E-state index contributed by atoms with van der Waals surface area (Å²) in [6.45, 7) is 0.133. The Labute approximate surface area is 207 Å². The van der Waals surface area contributed by atoms with Crippen LogP contribution in [0.25, 0.3) is 0 Å². The second-order valence-corrected chi connectivity index (χ2v) is 7.57. The van der Waals surface area contributed by atoms with E-state index in [0.717, 1.165) is 11.1 Å². The van der Waals surface area contributed by atoms with E-state index in [0.29, 0.717) is 0 Å². The van der Waals surface area contributed by atoms with Gasteiger partial charge in [0.1, 0.15) is 35.8 Å². The van der Waals surface area contributed by atoms with Gasteiger partial charge >= 0.3 is 18.1 Å². The van der Waals surface area contributed by atoms with Gasteiger partial charge in [0.25, 0.3) is 0 Å². The Morgan fingerprint density at radius 3 is 1.25 bits per heavy atom. The van der Waals surface area contributed by atoms with Crippen molar-refractivity contribution in [2.24, 2.45) is 0 Å². The lowest BCUT2D eigenvalue weighted by Gasteiger charge is -2.12. The third-order valence-corrected chi connectivity index (χ3v) is 5.03. The van der Waals surface area contributed by atoms with E-state index in [2.05, 4.69) is 0 Å². The van der Waals surface area contributed by atoms with Crippen LogP contribution in [0.15, 0.2) is 109 Å². The van der Waals surface area contributed by atoms with Crippen molar-refractivity contribution in [3.8, 4) is 11.5 Å². The minimum Gasteiger partial charge on any atom is -0.457 e. The molecule has 4 aromatic rings. The van der Waals surface area contributed by atoms with Crippen LogP contribution in [0.5, 0.6) is 11.5 Å². The summed E-state index contributed by atoms with van der Waals surface area (Å²) in [6, 6.07) is 30.7. The zero-order valence-electron chi connectivity index (χ0n) is 19.2. The minimum atomic E-state index is -1.12. The molecule has 7 heteroatoms. The van der Waals surface area contributed by atoms with E-state index in [4.69, 9.17) is 18.9 Å². The molecule has 0 radical (unpaired) electrons. The van der Waals surface area contributed by atoms with Gasteiger partial charge in [-0.2, -0.15) is 0 Å². The van der Waals surface area contributed by atoms with Crippen molar-refractivity contribution in [2.45, 2.75) is 13.2 Å². The molecule has 0 saturated carbocycles. The van der Waals surface area contributed by atoms with E-state index in [1.807, 2.05) is 60.7 Å². The Morgan fingerprint density at radius 2 is 0.833 bits per heavy atom. The average molecular weight is 482 g/mol. The predicted octanol–water partition coefficient (Wildman–Crippen LogP) is 5.98. The molecule has 0 N–H and O–H groups in total. The van der Waals surface area contributed by atoms with E-state index in [1.54, 1.807) is 24.3 Å². The highest BCUT2D eigenvalue weighted by Gasteiger charge is 2.20. The minimum absolute atomic E-state index is 0.0373. The predicted molar refractivity (Wildman–Crippen MR) is 131 cm³/mol. The number of carbonyl (C=O) groups excluding carboxylic acids is 3. The number of para-hydroxylation sites is 2. The van der Waals surface area contributed by atoms with E-state index in [9.17, 15) is 14.4 Å². The molecule has 0 bridgehead atoms. The van der Waals surface area contributed by atoms with Crippen molar-refractivity contribution in [3.63, 3.8) is 0 Å². The molecule has 4 rings (SSSR count). The molecule has 0 aliphatic rings. The second-order valence-electron chi connectivity index (χ2n) is 7.57. The zero-order chi connectivity index (χ0) is 25.2. The molecular formula is C29H22O7. The fraction of sp³-hybridized carbons (Fsp3) is 0.0690. The molecule has 0 amide bonds. The first-order valence-electron chi connectivity index (χ1n) is 11.1. The molecule has 7 nitrogen and oxygen atoms in total. The lowest BCUT2D eigenvalue weighted by molar-refractivity contribution is 0.0462. The molecule has 0 aliphatic heterocycles. The SMILES string of the molecule is O=C(Oc1ccccc1C(=O)OCc1ccccc1)Oc1ccccc1C(=O)OCc1ccccc1. The number of rotatable bonds is 8. The molecule has 0 atom stereocenters. The first-order valence-corrected chi connectivity index (χ1v) is 11.1. The Bertz CT molecular complexity index is 1230. The summed E-state index contributed by atoms with van der Waals surface area (Å²) in [6.07, 6.45) is -1.12. The van der Waals surface area contributed by atoms with Gasteiger partial charge in [-0.15, -0.1) is 0 Å². The van der Waals surface area contributed by atoms with Crippen LogP contribution in [-0.4, -0.2) is 18.1 Å². The van der Waals surface area contributed by atoms with Gasteiger partial charge in [-0.3, -0.25) is 0 Å². The topological polar surface area (TPSA) is 88.1 Å². The lowest BCUT2D eigenvalue weighted by atomic mass is 10.2. The van der Waals surface area contributed by atoms with Gasteiger partial charge in [-0.25, -0.2) is 14.4 Å². The van der Waals surface area contributed by atoms with Crippen molar-refractivity contribution in [1.82, 2.24) is 0 Å². The zero-order valence-corrected chi connectivity index (χ0v) is 19.2. The smallest absolute Gasteiger partial charge is 0.457 e. The summed E-state index contributed by atoms with van der Waals surface area (Å²) >= 11 is 0. The van der Waals surface area contributed by atoms with Gasteiger partial charge in [0.05, 0.1) is 0 Å². The Morgan fingerprint density at radius 1 is 0.472 bits per heavy atom. The van der Waals surface area contributed by atoms with Crippen LogP contribution in [0.4, 0.5) is 4.79 Å². The molecular weight excluding hydrogens is 460 g/mol. The van der Waals surface area contributed by atoms with E-state index in [-0.39, 0.29) is 35.8 Å². The number of ether oxygens (including phenoxy) is 4. The first kappa shape index (κ1) is 24.2. The highest BCUT2D eigenvalue weighted by molar-refractivity contribution is 5.94. The monoisotopic (exact) mass is 482 g/mol. The average Bonchev–Trinajstić information content (AvgIpc) is 2.92. The molecule has 0 fully saturated rings. The standard InChI is InChI=1S/C29H22O7/c30-27(33-19-21-11-3-1-4-12-21)23-15-7-9-17-25(23)35-29(32)36-26-18-10-8-16-24(26)28(31)34-20-22-13-5-2-6-14-22/h1-18H,19-20H2. The maximum absolute atomic E-state index is 12.6. The van der Waals surface area contributed by atoms with Crippen LogP contribution in [0.2, 0.25) is 0 Å². The van der Waals surface area contributed by atoms with Crippen LogP contribution < -0.4 is 9.47 Å². The number of hydrogen-bond donors (Lipinski definition) is 0. The molecule has 0 saturated heterocycles. The van der Waals surface area contributed by atoms with Crippen molar-refractivity contribution in [1.29, 1.82) is 0 Å². The normalized spacial score (nSPS) is 10.2. The molecule has 0 aromatic heterocycles. The highest BCUT2D eigenvalue weighted by atomic mass is 16.7. The van der Waals surface area contributed by atoms with E-state index < -0.39 is 18.1 Å². The second kappa shape index (κ2) is 12.0. The molecule has 0 aliphatic carbocycles. The fourth-order valence-corrected chi connectivity index (χ4v) is 3.25. The van der Waals surface area contributed by atoms with Crippen LogP contribution in [0.1, 0.15) is 31.8 Å². The van der Waals surface area contributed by atoms with E-state index in [1.165, 1.54) is 24.3 Å². The summed E-state index contributed by atoms with van der Waals surface area (Å²) < 4.78 is 21.2.